The van der Waals surface area contributed by atoms with Crippen LogP contribution in [0.1, 0.15) is 56.8 Å². The molecule has 2 aromatic carbocycles. The number of anilines is 1. The van der Waals surface area contributed by atoms with E-state index in [2.05, 4.69) is 5.32 Å². The first-order valence-electron chi connectivity index (χ1n) is 11.7. The first kappa shape index (κ1) is 27.3. The van der Waals surface area contributed by atoms with Crippen molar-refractivity contribution in [3.8, 4) is 0 Å². The van der Waals surface area contributed by atoms with Crippen molar-refractivity contribution in [2.75, 3.05) is 5.32 Å². The number of amides is 2. The average Bonchev–Trinajstić information content (AvgIpc) is 3.05. The second-order valence-corrected chi connectivity index (χ2v) is 12.9. The molecular formula is C25H26ClF3N2O5S. The van der Waals surface area contributed by atoms with Gasteiger partial charge in [-0.15, -0.1) is 0 Å². The van der Waals surface area contributed by atoms with E-state index in [0.717, 1.165) is 6.07 Å². The Balaban J connectivity index is 1.55. The number of hydrogen-bond acceptors (Lipinski definition) is 5. The molecule has 2 aliphatic heterocycles. The number of ether oxygens (including phenoxy) is 1. The highest BCUT2D eigenvalue weighted by Gasteiger charge is 2.48. The van der Waals surface area contributed by atoms with Crippen LogP contribution in [0.4, 0.5) is 23.7 Å². The van der Waals surface area contributed by atoms with Gasteiger partial charge in [0.2, 0.25) is 0 Å². The van der Waals surface area contributed by atoms with E-state index in [1.807, 2.05) is 0 Å². The summed E-state index contributed by atoms with van der Waals surface area (Å²) in [5, 5.41) is 1.30. The number of benzene rings is 2. The number of halogens is 4. The fraction of sp³-hybridized carbons (Fsp3) is 0.440. The predicted octanol–water partition coefficient (Wildman–Crippen LogP) is 5.71. The molecule has 0 saturated carbocycles. The first-order chi connectivity index (χ1) is 17.2. The molecule has 2 amide bonds. The molecule has 2 atom stereocenters. The van der Waals surface area contributed by atoms with E-state index in [1.54, 1.807) is 25.7 Å². The third-order valence-electron chi connectivity index (χ3n) is 6.47. The molecule has 0 aliphatic carbocycles. The van der Waals surface area contributed by atoms with Gasteiger partial charge in [-0.1, -0.05) is 11.6 Å². The Labute approximate surface area is 217 Å². The molecule has 2 aliphatic rings. The van der Waals surface area contributed by atoms with Crippen LogP contribution in [-0.4, -0.2) is 48.3 Å². The number of hydrogen-bond donors (Lipinski definition) is 1. The van der Waals surface area contributed by atoms with E-state index in [9.17, 15) is 31.2 Å². The minimum absolute atomic E-state index is 0.0858. The number of fused-ring (bicyclic) bond motifs is 2. The lowest BCUT2D eigenvalue weighted by molar-refractivity contribution is 0.00812. The van der Waals surface area contributed by atoms with Crippen LogP contribution >= 0.6 is 11.6 Å². The molecular weight excluding hydrogens is 533 g/mol. The third kappa shape index (κ3) is 5.57. The second-order valence-electron chi connectivity index (χ2n) is 10.3. The minimum Gasteiger partial charge on any atom is -0.444 e. The molecule has 2 unspecified atom stereocenters. The lowest BCUT2D eigenvalue weighted by Gasteiger charge is -2.39. The Bertz CT molecular complexity index is 1330. The van der Waals surface area contributed by atoms with Gasteiger partial charge in [-0.25, -0.2) is 26.4 Å². The molecule has 2 fully saturated rings. The van der Waals surface area contributed by atoms with Gasteiger partial charge in [0.05, 0.1) is 15.2 Å². The summed E-state index contributed by atoms with van der Waals surface area (Å²) in [5.41, 5.74) is -1.14. The fourth-order valence-corrected chi connectivity index (χ4v) is 7.25. The zero-order valence-electron chi connectivity index (χ0n) is 20.4. The van der Waals surface area contributed by atoms with Crippen molar-refractivity contribution in [3.63, 3.8) is 0 Å². The Morgan fingerprint density at radius 1 is 1.03 bits per heavy atom. The Morgan fingerprint density at radius 3 is 2.14 bits per heavy atom. The molecule has 2 aromatic rings. The van der Waals surface area contributed by atoms with E-state index < -0.39 is 50.1 Å². The number of carbonyl (C=O) groups excluding carboxylic acids is 2. The summed E-state index contributed by atoms with van der Waals surface area (Å²) in [4.78, 5) is 26.8. The van der Waals surface area contributed by atoms with E-state index in [4.69, 9.17) is 16.3 Å². The van der Waals surface area contributed by atoms with Gasteiger partial charge in [0.15, 0.2) is 27.3 Å². The van der Waals surface area contributed by atoms with E-state index >= 15 is 0 Å². The van der Waals surface area contributed by atoms with Crippen LogP contribution in [-0.2, 0) is 14.6 Å². The van der Waals surface area contributed by atoms with Crippen molar-refractivity contribution >= 4 is 39.1 Å². The van der Waals surface area contributed by atoms with Gasteiger partial charge in [0.25, 0.3) is 5.91 Å². The quantitative estimate of drug-likeness (QED) is 0.485. The number of nitrogens with one attached hydrogen (secondary N) is 1. The Morgan fingerprint density at radius 2 is 1.59 bits per heavy atom. The monoisotopic (exact) mass is 558 g/mol. The number of rotatable bonds is 4. The SMILES string of the molecule is CC(C)(C)OC(=O)N1C2CCC1CC(S(=O)(=O)c1cc(C(=O)Nc3cc(F)c(F)c(F)c3)ccc1Cl)C2. The lowest BCUT2D eigenvalue weighted by atomic mass is 10.0. The second kappa shape index (κ2) is 9.83. The van der Waals surface area contributed by atoms with Gasteiger partial charge in [-0.05, 0) is 64.7 Å². The van der Waals surface area contributed by atoms with Crippen LogP contribution in [0, 0.1) is 17.5 Å². The average molecular weight is 559 g/mol. The Hall–Kier alpha value is -2.79. The lowest BCUT2D eigenvalue weighted by Crippen LogP contribution is -2.51. The summed E-state index contributed by atoms with van der Waals surface area (Å²) in [5.74, 6) is -5.51. The van der Waals surface area contributed by atoms with Crippen LogP contribution < -0.4 is 5.32 Å². The molecule has 2 saturated heterocycles. The van der Waals surface area contributed by atoms with E-state index in [-0.39, 0.29) is 46.1 Å². The molecule has 4 rings (SSSR count). The third-order valence-corrected chi connectivity index (χ3v) is 9.13. The molecule has 0 spiro atoms. The number of piperidine rings is 1. The zero-order valence-corrected chi connectivity index (χ0v) is 21.9. The maximum Gasteiger partial charge on any atom is 0.410 e. The number of sulfone groups is 1. The number of carbonyl (C=O) groups is 2. The Kier molecular flexibility index (Phi) is 7.24. The molecule has 0 radical (unpaired) electrons. The first-order valence-corrected chi connectivity index (χ1v) is 13.6. The normalized spacial score (nSPS) is 21.6. The van der Waals surface area contributed by atoms with Crippen molar-refractivity contribution < 1.29 is 35.9 Å². The van der Waals surface area contributed by atoms with Crippen molar-refractivity contribution in [3.05, 3.63) is 58.4 Å². The highest BCUT2D eigenvalue weighted by molar-refractivity contribution is 7.92. The molecule has 37 heavy (non-hydrogen) atoms. The number of nitrogens with zero attached hydrogens (tertiary/aromatic N) is 1. The van der Waals surface area contributed by atoms with E-state index in [1.165, 1.54) is 12.1 Å². The standard InChI is InChI=1S/C25H26ClF3N2O5S/c1-25(2,3)36-24(33)31-15-5-6-16(31)12-17(11-15)37(34,35)21-8-13(4-7-18(21)26)23(32)30-14-9-19(27)22(29)20(28)10-14/h4,7-10,15-17H,5-6,11-12H2,1-3H3,(H,30,32). The van der Waals surface area contributed by atoms with Crippen molar-refractivity contribution in [2.45, 2.75) is 74.3 Å². The van der Waals surface area contributed by atoms with Gasteiger partial charge >= 0.3 is 6.09 Å². The van der Waals surface area contributed by atoms with Gasteiger partial charge in [0.1, 0.15) is 5.60 Å². The van der Waals surface area contributed by atoms with Crippen LogP contribution in [0.5, 0.6) is 0 Å². The minimum atomic E-state index is -4.01. The van der Waals surface area contributed by atoms with Gasteiger partial charge in [-0.2, -0.15) is 0 Å². The molecule has 7 nitrogen and oxygen atoms in total. The summed E-state index contributed by atoms with van der Waals surface area (Å²) in [6.07, 6.45) is 1.22. The van der Waals surface area contributed by atoms with Crippen molar-refractivity contribution in [1.82, 2.24) is 4.90 Å². The molecule has 200 valence electrons. The van der Waals surface area contributed by atoms with Crippen molar-refractivity contribution in [1.29, 1.82) is 0 Å². The summed E-state index contributed by atoms with van der Waals surface area (Å²) >= 11 is 6.23. The molecule has 12 heteroatoms. The molecule has 1 N–H and O–H groups in total. The highest BCUT2D eigenvalue weighted by atomic mass is 35.5. The summed E-state index contributed by atoms with van der Waals surface area (Å²) in [7, 11) is -4.01. The van der Waals surface area contributed by atoms with Crippen molar-refractivity contribution in [2.24, 2.45) is 0 Å². The van der Waals surface area contributed by atoms with Gasteiger partial charge in [0, 0.05) is 35.5 Å². The fourth-order valence-electron chi connectivity index (χ4n) is 4.87. The maximum atomic E-state index is 13.6. The van der Waals surface area contributed by atoms with Crippen LogP contribution in [0.2, 0.25) is 5.02 Å². The summed E-state index contributed by atoms with van der Waals surface area (Å²) in [6, 6.07) is 4.23. The molecule has 2 bridgehead atoms. The largest absolute Gasteiger partial charge is 0.444 e. The smallest absolute Gasteiger partial charge is 0.410 e. The van der Waals surface area contributed by atoms with Gasteiger partial charge in [-0.3, -0.25) is 4.79 Å². The predicted molar refractivity (Wildman–Crippen MR) is 131 cm³/mol. The highest BCUT2D eigenvalue weighted by Crippen LogP contribution is 2.41. The summed E-state index contributed by atoms with van der Waals surface area (Å²) in [6.45, 7) is 5.29. The van der Waals surface area contributed by atoms with E-state index in [0.29, 0.717) is 25.0 Å². The van der Waals surface area contributed by atoms with Gasteiger partial charge < -0.3 is 15.0 Å². The molecule has 2 heterocycles. The van der Waals surface area contributed by atoms with Crippen LogP contribution in [0.15, 0.2) is 35.2 Å². The zero-order chi connectivity index (χ0) is 27.3. The maximum absolute atomic E-state index is 13.6. The summed E-state index contributed by atoms with van der Waals surface area (Å²) < 4.78 is 72.9. The molecule has 0 aromatic heterocycles. The van der Waals surface area contributed by atoms with Crippen LogP contribution in [0.25, 0.3) is 0 Å². The van der Waals surface area contributed by atoms with Crippen LogP contribution in [0.3, 0.4) is 0 Å². The topological polar surface area (TPSA) is 92.8 Å².